The maximum absolute atomic E-state index is 10.5. The third-order valence-corrected chi connectivity index (χ3v) is 4.26. The van der Waals surface area contributed by atoms with E-state index in [1.807, 2.05) is 43.3 Å². The Hall–Kier alpha value is -1.52. The average molecular weight is 351 g/mol. The minimum atomic E-state index is -0.595. The molecule has 1 atom stereocenters. The number of halogens is 1. The molecule has 0 amide bonds. The van der Waals surface area contributed by atoms with Gasteiger partial charge in [0.25, 0.3) is 0 Å². The molecule has 2 rings (SSSR count). The summed E-state index contributed by atoms with van der Waals surface area (Å²) in [5.41, 5.74) is 2.89. The average Bonchev–Trinajstić information content (AvgIpc) is 2.49. The smallest absolute Gasteiger partial charge is 0.122 e. The fraction of sp³-hybridized carbons (Fsp3) is 0.294. The summed E-state index contributed by atoms with van der Waals surface area (Å²) < 4.78 is 11.5. The van der Waals surface area contributed by atoms with Crippen LogP contribution in [0.5, 0.6) is 11.5 Å². The maximum atomic E-state index is 10.5. The summed E-state index contributed by atoms with van der Waals surface area (Å²) in [6.07, 6.45) is -0.0906. The van der Waals surface area contributed by atoms with Crippen LogP contribution in [0.3, 0.4) is 0 Å². The highest BCUT2D eigenvalue weighted by Gasteiger charge is 2.13. The van der Waals surface area contributed by atoms with Gasteiger partial charge in [-0.05, 0) is 47.9 Å². The molecule has 112 valence electrons. The number of rotatable bonds is 5. The van der Waals surface area contributed by atoms with Gasteiger partial charge >= 0.3 is 0 Å². The van der Waals surface area contributed by atoms with E-state index in [1.54, 1.807) is 14.2 Å². The number of hydrogen-bond donors (Lipinski definition) is 1. The normalized spacial score (nSPS) is 12.0. The number of hydrogen-bond acceptors (Lipinski definition) is 3. The van der Waals surface area contributed by atoms with E-state index in [1.165, 1.54) is 0 Å². The van der Waals surface area contributed by atoms with Crippen LogP contribution >= 0.6 is 15.9 Å². The number of ether oxygens (including phenoxy) is 2. The van der Waals surface area contributed by atoms with Gasteiger partial charge in [0.1, 0.15) is 11.5 Å². The second kappa shape index (κ2) is 6.96. The highest BCUT2D eigenvalue weighted by Crippen LogP contribution is 2.29. The van der Waals surface area contributed by atoms with Crippen LogP contribution in [-0.2, 0) is 6.42 Å². The number of aliphatic hydroxyl groups is 1. The van der Waals surface area contributed by atoms with Crippen molar-refractivity contribution in [2.24, 2.45) is 0 Å². The molecule has 2 aromatic carbocycles. The zero-order valence-electron chi connectivity index (χ0n) is 12.4. The molecule has 0 aromatic heterocycles. The van der Waals surface area contributed by atoms with E-state index in [9.17, 15) is 5.11 Å². The molecule has 0 radical (unpaired) electrons. The van der Waals surface area contributed by atoms with Crippen molar-refractivity contribution in [3.8, 4) is 11.5 Å². The van der Waals surface area contributed by atoms with Crippen LogP contribution in [-0.4, -0.2) is 19.3 Å². The molecule has 3 nitrogen and oxygen atoms in total. The quantitative estimate of drug-likeness (QED) is 0.883. The standard InChI is InChI=1S/C17H19BrO3/c1-11-4-5-12(10-17(11)21-3)16(19)9-13-8-14(20-2)6-7-15(13)18/h4-8,10,16,19H,9H2,1-3H3. The highest BCUT2D eigenvalue weighted by atomic mass is 79.9. The van der Waals surface area contributed by atoms with E-state index in [2.05, 4.69) is 15.9 Å². The van der Waals surface area contributed by atoms with E-state index in [0.717, 1.165) is 32.7 Å². The van der Waals surface area contributed by atoms with Gasteiger partial charge in [0, 0.05) is 10.9 Å². The molecule has 0 aliphatic rings. The lowest BCUT2D eigenvalue weighted by Gasteiger charge is -2.15. The first-order valence-electron chi connectivity index (χ1n) is 6.70. The van der Waals surface area contributed by atoms with E-state index in [-0.39, 0.29) is 0 Å². The molecule has 0 aliphatic carbocycles. The molecule has 0 bridgehead atoms. The van der Waals surface area contributed by atoms with Gasteiger partial charge in [-0.1, -0.05) is 28.1 Å². The monoisotopic (exact) mass is 350 g/mol. The highest BCUT2D eigenvalue weighted by molar-refractivity contribution is 9.10. The molecular weight excluding hydrogens is 332 g/mol. The van der Waals surface area contributed by atoms with Crippen LogP contribution < -0.4 is 9.47 Å². The Kier molecular flexibility index (Phi) is 5.26. The molecule has 0 fully saturated rings. The van der Waals surface area contributed by atoms with Crippen LogP contribution in [0.2, 0.25) is 0 Å². The fourth-order valence-electron chi connectivity index (χ4n) is 2.20. The summed E-state index contributed by atoms with van der Waals surface area (Å²) in [4.78, 5) is 0. The van der Waals surface area contributed by atoms with Gasteiger partial charge < -0.3 is 14.6 Å². The van der Waals surface area contributed by atoms with Crippen molar-refractivity contribution in [3.63, 3.8) is 0 Å². The number of benzene rings is 2. The topological polar surface area (TPSA) is 38.7 Å². The van der Waals surface area contributed by atoms with Crippen molar-refractivity contribution in [1.29, 1.82) is 0 Å². The van der Waals surface area contributed by atoms with Gasteiger partial charge in [0.2, 0.25) is 0 Å². The number of aryl methyl sites for hydroxylation is 1. The lowest BCUT2D eigenvalue weighted by atomic mass is 10.00. The van der Waals surface area contributed by atoms with Crippen LogP contribution in [0.1, 0.15) is 22.8 Å². The second-order valence-electron chi connectivity index (χ2n) is 4.91. The Labute approximate surface area is 133 Å². The van der Waals surface area contributed by atoms with Crippen LogP contribution in [0.25, 0.3) is 0 Å². The van der Waals surface area contributed by atoms with Crippen molar-refractivity contribution in [2.45, 2.75) is 19.4 Å². The number of methoxy groups -OCH3 is 2. The number of aliphatic hydroxyl groups excluding tert-OH is 1. The third kappa shape index (κ3) is 3.77. The first-order valence-corrected chi connectivity index (χ1v) is 7.49. The van der Waals surface area contributed by atoms with Crippen LogP contribution in [0, 0.1) is 6.92 Å². The van der Waals surface area contributed by atoms with Crippen molar-refractivity contribution in [3.05, 3.63) is 57.6 Å². The van der Waals surface area contributed by atoms with Crippen molar-refractivity contribution in [2.75, 3.05) is 14.2 Å². The molecule has 2 aromatic rings. The van der Waals surface area contributed by atoms with Gasteiger partial charge in [-0.15, -0.1) is 0 Å². The first kappa shape index (κ1) is 15.9. The largest absolute Gasteiger partial charge is 0.497 e. The summed E-state index contributed by atoms with van der Waals surface area (Å²) in [5, 5.41) is 10.5. The Balaban J connectivity index is 2.23. The predicted octanol–water partition coefficient (Wildman–Crippen LogP) is 4.05. The van der Waals surface area contributed by atoms with Gasteiger partial charge in [0.05, 0.1) is 20.3 Å². The lowest BCUT2D eigenvalue weighted by Crippen LogP contribution is -2.03. The molecule has 0 aliphatic heterocycles. The van der Waals surface area contributed by atoms with Crippen molar-refractivity contribution in [1.82, 2.24) is 0 Å². The molecule has 0 saturated heterocycles. The molecule has 21 heavy (non-hydrogen) atoms. The Morgan fingerprint density at radius 2 is 1.86 bits per heavy atom. The van der Waals surface area contributed by atoms with Crippen LogP contribution in [0.15, 0.2) is 40.9 Å². The summed E-state index contributed by atoms with van der Waals surface area (Å²) >= 11 is 3.51. The summed E-state index contributed by atoms with van der Waals surface area (Å²) in [7, 11) is 3.27. The van der Waals surface area contributed by atoms with Crippen molar-refractivity contribution >= 4 is 15.9 Å². The molecule has 1 N–H and O–H groups in total. The Bertz CT molecular complexity index is 625. The first-order chi connectivity index (χ1) is 10.0. The molecule has 0 spiro atoms. The maximum Gasteiger partial charge on any atom is 0.122 e. The summed E-state index contributed by atoms with van der Waals surface area (Å²) in [6.45, 7) is 1.98. The second-order valence-corrected chi connectivity index (χ2v) is 5.76. The van der Waals surface area contributed by atoms with E-state index in [0.29, 0.717) is 6.42 Å². The van der Waals surface area contributed by atoms with Crippen LogP contribution in [0.4, 0.5) is 0 Å². The molecule has 0 heterocycles. The summed E-state index contributed by atoms with van der Waals surface area (Å²) in [6, 6.07) is 11.5. The van der Waals surface area contributed by atoms with Crippen molar-refractivity contribution < 1.29 is 14.6 Å². The molecule has 0 saturated carbocycles. The minimum absolute atomic E-state index is 0.504. The molecular formula is C17H19BrO3. The molecule has 4 heteroatoms. The van der Waals surface area contributed by atoms with Gasteiger partial charge in [-0.25, -0.2) is 0 Å². The SMILES string of the molecule is COc1ccc(Br)c(CC(O)c2ccc(C)c(OC)c2)c1. The van der Waals surface area contributed by atoms with Gasteiger partial charge in [-0.2, -0.15) is 0 Å². The third-order valence-electron chi connectivity index (χ3n) is 3.48. The Morgan fingerprint density at radius 1 is 1.10 bits per heavy atom. The molecule has 1 unspecified atom stereocenters. The summed E-state index contributed by atoms with van der Waals surface area (Å²) in [5.74, 6) is 1.57. The minimum Gasteiger partial charge on any atom is -0.497 e. The lowest BCUT2D eigenvalue weighted by molar-refractivity contribution is 0.177. The van der Waals surface area contributed by atoms with E-state index >= 15 is 0 Å². The predicted molar refractivity (Wildman–Crippen MR) is 87.1 cm³/mol. The zero-order valence-corrected chi connectivity index (χ0v) is 14.0. The van der Waals surface area contributed by atoms with Gasteiger partial charge in [0.15, 0.2) is 0 Å². The van der Waals surface area contributed by atoms with E-state index < -0.39 is 6.10 Å². The van der Waals surface area contributed by atoms with Gasteiger partial charge in [-0.3, -0.25) is 0 Å². The Morgan fingerprint density at radius 3 is 2.52 bits per heavy atom. The van der Waals surface area contributed by atoms with E-state index in [4.69, 9.17) is 9.47 Å². The fourth-order valence-corrected chi connectivity index (χ4v) is 2.61. The zero-order chi connectivity index (χ0) is 15.4.